The Hall–Kier alpha value is -1.10. The summed E-state index contributed by atoms with van der Waals surface area (Å²) in [6.45, 7) is 17.9. The lowest BCUT2D eigenvalue weighted by Gasteiger charge is -2.46. The highest BCUT2D eigenvalue weighted by Gasteiger charge is 2.49. The van der Waals surface area contributed by atoms with Gasteiger partial charge in [0.2, 0.25) is 0 Å². The molecule has 0 saturated carbocycles. The molecule has 0 unspecified atom stereocenters. The van der Waals surface area contributed by atoms with E-state index in [1.807, 2.05) is 0 Å². The normalized spacial score (nSPS) is 16.9. The fourth-order valence-electron chi connectivity index (χ4n) is 5.34. The average molecular weight is 613 g/mol. The third-order valence-corrected chi connectivity index (χ3v) is 9.23. The van der Waals surface area contributed by atoms with E-state index in [4.69, 9.17) is 48.9 Å². The molecule has 0 aromatic rings. The summed E-state index contributed by atoms with van der Waals surface area (Å²) in [7, 11) is 0. The number of carbonyl (C=O) groups excluding carboxylic acids is 2. The zero-order valence-corrected chi connectivity index (χ0v) is 28.3. The molecule has 0 aromatic carbocycles. The van der Waals surface area contributed by atoms with Gasteiger partial charge in [-0.25, -0.2) is 0 Å². The first-order valence-electron chi connectivity index (χ1n) is 14.4. The summed E-state index contributed by atoms with van der Waals surface area (Å²) in [5.41, 5.74) is -0.0535. The molecule has 2 saturated heterocycles. The molecule has 2 rings (SSSR count). The Bertz CT molecular complexity index is 917. The van der Waals surface area contributed by atoms with E-state index in [9.17, 15) is 9.59 Å². The van der Waals surface area contributed by atoms with E-state index in [1.54, 1.807) is 0 Å². The minimum atomic E-state index is -0.307. The summed E-state index contributed by atoms with van der Waals surface area (Å²) in [5.74, 6) is 0.493. The summed E-state index contributed by atoms with van der Waals surface area (Å²) < 4.78 is 0. The predicted octanol–water partition coefficient (Wildman–Crippen LogP) is 6.53. The molecule has 220 valence electrons. The second-order valence-corrected chi connectivity index (χ2v) is 14.4. The molecular formula is C29H48N4O2S4. The highest BCUT2D eigenvalue weighted by atomic mass is 32.1. The molecule has 2 fully saturated rings. The Labute approximate surface area is 258 Å². The van der Waals surface area contributed by atoms with Crippen molar-refractivity contribution in [1.82, 2.24) is 19.6 Å². The molecule has 0 atom stereocenters. The Morgan fingerprint density at radius 3 is 1.44 bits per heavy atom. The summed E-state index contributed by atoms with van der Waals surface area (Å²) in [5, 5.41) is 1.42. The average Bonchev–Trinajstić information content (AvgIpc) is 3.27. The number of Topliss-reactive ketones (excluding diaryl/α,β-unsaturated/α-hetero) is 2. The van der Waals surface area contributed by atoms with E-state index in [2.05, 4.69) is 68.1 Å². The highest BCUT2D eigenvalue weighted by Crippen LogP contribution is 2.38. The molecule has 0 aliphatic carbocycles. The zero-order chi connectivity index (χ0) is 29.5. The standard InChI is InChI=1S/C29H48N4O2S4/c1-8-30-19-23(36)32(26(30)38)25(33-24(37)20-31(9-2)27(33)39)29(6,7)18-12-16-22(35)14-10-13-21(34)15-11-17-28(3,4)5/h25H,8-20H2,1-7H3. The maximum absolute atomic E-state index is 12.7. The topological polar surface area (TPSA) is 47.1 Å². The minimum absolute atomic E-state index is 0.221. The Morgan fingerprint density at radius 2 is 1.08 bits per heavy atom. The highest BCUT2D eigenvalue weighted by molar-refractivity contribution is 7.82. The molecular weight excluding hydrogens is 565 g/mol. The molecule has 0 bridgehead atoms. The summed E-state index contributed by atoms with van der Waals surface area (Å²) >= 11 is 23.4. The smallest absolute Gasteiger partial charge is 0.178 e. The van der Waals surface area contributed by atoms with Crippen LogP contribution in [0.4, 0.5) is 0 Å². The summed E-state index contributed by atoms with van der Waals surface area (Å²) in [4.78, 5) is 34.8. The first-order chi connectivity index (χ1) is 18.1. The van der Waals surface area contributed by atoms with Crippen LogP contribution in [0.15, 0.2) is 0 Å². The number of likely N-dealkylation sites (N-methyl/N-ethyl adjacent to an activating group) is 2. The van der Waals surface area contributed by atoms with Gasteiger partial charge in [0, 0.05) is 44.2 Å². The molecule has 2 aliphatic heterocycles. The summed E-state index contributed by atoms with van der Waals surface area (Å²) in [6.07, 6.45) is 5.98. The second kappa shape index (κ2) is 14.7. The molecule has 0 aromatic heterocycles. The number of hydrogen-bond acceptors (Lipinski definition) is 6. The third-order valence-electron chi connectivity index (χ3n) is 7.66. The zero-order valence-electron chi connectivity index (χ0n) is 25.0. The van der Waals surface area contributed by atoms with Gasteiger partial charge in [-0.2, -0.15) is 0 Å². The first kappa shape index (κ1) is 34.1. The van der Waals surface area contributed by atoms with E-state index in [-0.39, 0.29) is 28.6 Å². The van der Waals surface area contributed by atoms with Gasteiger partial charge in [0.25, 0.3) is 0 Å². The van der Waals surface area contributed by atoms with E-state index in [0.29, 0.717) is 55.4 Å². The number of nitrogens with zero attached hydrogens (tertiary/aromatic N) is 4. The molecule has 0 radical (unpaired) electrons. The Balaban J connectivity index is 2.00. The monoisotopic (exact) mass is 612 g/mol. The quantitative estimate of drug-likeness (QED) is 0.180. The Kier molecular flexibility index (Phi) is 12.8. The van der Waals surface area contributed by atoms with Gasteiger partial charge in [0.05, 0.1) is 13.1 Å². The van der Waals surface area contributed by atoms with Crippen molar-refractivity contribution in [1.29, 1.82) is 0 Å². The number of ketones is 2. The van der Waals surface area contributed by atoms with Crippen LogP contribution in [0.25, 0.3) is 0 Å². The van der Waals surface area contributed by atoms with E-state index >= 15 is 0 Å². The van der Waals surface area contributed by atoms with Crippen molar-refractivity contribution in [2.45, 2.75) is 112 Å². The maximum atomic E-state index is 12.7. The second-order valence-electron chi connectivity index (χ2n) is 12.7. The van der Waals surface area contributed by atoms with Crippen molar-refractivity contribution < 1.29 is 9.59 Å². The molecule has 39 heavy (non-hydrogen) atoms. The number of rotatable bonds is 16. The van der Waals surface area contributed by atoms with Crippen LogP contribution in [0.1, 0.15) is 106 Å². The van der Waals surface area contributed by atoms with Crippen molar-refractivity contribution in [3.8, 4) is 0 Å². The summed E-state index contributed by atoms with van der Waals surface area (Å²) in [6, 6.07) is 0. The van der Waals surface area contributed by atoms with E-state index < -0.39 is 0 Å². The number of carbonyl (C=O) groups is 2. The van der Waals surface area contributed by atoms with Gasteiger partial charge >= 0.3 is 0 Å². The molecule has 6 nitrogen and oxygen atoms in total. The lowest BCUT2D eigenvalue weighted by molar-refractivity contribution is -0.120. The molecule has 0 amide bonds. The van der Waals surface area contributed by atoms with Gasteiger partial charge in [0.1, 0.15) is 27.7 Å². The molecule has 0 N–H and O–H groups in total. The SMILES string of the molecule is CCN1CC(=S)N(C(N2C(=S)CN(CC)C2=S)C(C)(C)CCCC(=O)CCCC(=O)CCCC(C)(C)C)C1=S. The molecule has 2 heterocycles. The van der Waals surface area contributed by atoms with Crippen LogP contribution in [-0.4, -0.2) is 83.7 Å². The van der Waals surface area contributed by atoms with Crippen LogP contribution >= 0.6 is 48.9 Å². The van der Waals surface area contributed by atoms with E-state index in [1.165, 1.54) is 0 Å². The van der Waals surface area contributed by atoms with Crippen LogP contribution in [0.3, 0.4) is 0 Å². The van der Waals surface area contributed by atoms with Crippen LogP contribution in [0.2, 0.25) is 0 Å². The fourth-order valence-corrected chi connectivity index (χ4v) is 6.95. The lowest BCUT2D eigenvalue weighted by Crippen LogP contribution is -2.60. The van der Waals surface area contributed by atoms with Gasteiger partial charge in [-0.15, -0.1) is 0 Å². The number of hydrogen-bond donors (Lipinski definition) is 0. The molecule has 0 spiro atoms. The number of thiocarbonyl (C=S) groups is 4. The van der Waals surface area contributed by atoms with Gasteiger partial charge in [-0.05, 0) is 75.8 Å². The lowest BCUT2D eigenvalue weighted by atomic mass is 9.82. The first-order valence-corrected chi connectivity index (χ1v) is 16.0. The van der Waals surface area contributed by atoms with Crippen LogP contribution in [0, 0.1) is 10.8 Å². The van der Waals surface area contributed by atoms with E-state index in [0.717, 1.165) is 48.7 Å². The van der Waals surface area contributed by atoms with Crippen molar-refractivity contribution in [2.75, 3.05) is 26.2 Å². The van der Waals surface area contributed by atoms with Gasteiger partial charge < -0.3 is 9.80 Å². The fraction of sp³-hybridized carbons (Fsp3) is 0.793. The minimum Gasteiger partial charge on any atom is -0.342 e. The molecule has 10 heteroatoms. The van der Waals surface area contributed by atoms with Crippen molar-refractivity contribution in [3.63, 3.8) is 0 Å². The van der Waals surface area contributed by atoms with Crippen molar-refractivity contribution >= 4 is 80.6 Å². The largest absolute Gasteiger partial charge is 0.342 e. The van der Waals surface area contributed by atoms with Crippen LogP contribution < -0.4 is 0 Å². The van der Waals surface area contributed by atoms with Gasteiger partial charge in [-0.1, -0.05) is 59.1 Å². The predicted molar refractivity (Wildman–Crippen MR) is 177 cm³/mol. The third kappa shape index (κ3) is 9.47. The van der Waals surface area contributed by atoms with Gasteiger partial charge in [0.15, 0.2) is 10.2 Å². The maximum Gasteiger partial charge on any atom is 0.178 e. The van der Waals surface area contributed by atoms with Crippen molar-refractivity contribution in [2.24, 2.45) is 10.8 Å². The van der Waals surface area contributed by atoms with Gasteiger partial charge in [-0.3, -0.25) is 19.4 Å². The molecule has 2 aliphatic rings. The Morgan fingerprint density at radius 1 is 0.692 bits per heavy atom. The van der Waals surface area contributed by atoms with Crippen LogP contribution in [-0.2, 0) is 9.59 Å². The van der Waals surface area contributed by atoms with Crippen LogP contribution in [0.5, 0.6) is 0 Å². The van der Waals surface area contributed by atoms with Crippen molar-refractivity contribution in [3.05, 3.63) is 0 Å².